The predicted octanol–water partition coefficient (Wildman–Crippen LogP) is 3.59. The largest absolute Gasteiger partial charge is 0.478 e. The second-order valence-corrected chi connectivity index (χ2v) is 6.97. The van der Waals surface area contributed by atoms with Gasteiger partial charge in [0.1, 0.15) is 11.6 Å². The van der Waals surface area contributed by atoms with Gasteiger partial charge in [-0.1, -0.05) is 6.07 Å². The quantitative estimate of drug-likeness (QED) is 0.694. The van der Waals surface area contributed by atoms with Gasteiger partial charge in [0.05, 0.1) is 29.8 Å². The summed E-state index contributed by atoms with van der Waals surface area (Å²) in [6, 6.07) is 3.25. The number of methoxy groups -OCH3 is 1. The lowest BCUT2D eigenvalue weighted by atomic mass is 9.79. The van der Waals surface area contributed by atoms with Crippen LogP contribution in [-0.4, -0.2) is 48.3 Å². The van der Waals surface area contributed by atoms with Crippen LogP contribution in [0.3, 0.4) is 0 Å². The molecule has 0 bridgehead atoms. The van der Waals surface area contributed by atoms with E-state index < -0.39 is 41.2 Å². The number of rotatable bonds is 7. The van der Waals surface area contributed by atoms with Gasteiger partial charge < -0.3 is 19.5 Å². The molecule has 1 aliphatic rings. The van der Waals surface area contributed by atoms with E-state index in [0.29, 0.717) is 5.70 Å². The topological polar surface area (TPSA) is 76.1 Å². The lowest BCUT2D eigenvalue weighted by Crippen LogP contribution is -2.37. The third-order valence-electron chi connectivity index (χ3n) is 4.77. The molecule has 0 aromatic heterocycles. The van der Waals surface area contributed by atoms with Crippen LogP contribution in [0.5, 0.6) is 0 Å². The number of esters is 1. The van der Waals surface area contributed by atoms with Crippen molar-refractivity contribution in [2.24, 2.45) is 0 Å². The molecule has 6 nitrogen and oxygen atoms in total. The highest BCUT2D eigenvalue weighted by Gasteiger charge is 2.42. The van der Waals surface area contributed by atoms with Crippen LogP contribution < -0.4 is 0 Å². The summed E-state index contributed by atoms with van der Waals surface area (Å²) < 4.78 is 39.7. The molecular formula is C21H25F2NO5. The van der Waals surface area contributed by atoms with Gasteiger partial charge in [0.2, 0.25) is 0 Å². The Labute approximate surface area is 168 Å². The number of hydrogen-bond acceptors (Lipinski definition) is 5. The van der Waals surface area contributed by atoms with E-state index in [1.54, 1.807) is 32.6 Å². The van der Waals surface area contributed by atoms with E-state index in [9.17, 15) is 23.5 Å². The van der Waals surface area contributed by atoms with Gasteiger partial charge >= 0.3 is 11.9 Å². The number of allylic oxidation sites excluding steroid dienone is 2. The first-order valence-electron chi connectivity index (χ1n) is 9.17. The fourth-order valence-electron chi connectivity index (χ4n) is 3.52. The number of aliphatic carboxylic acids is 1. The zero-order valence-electron chi connectivity index (χ0n) is 17.1. The molecule has 29 heavy (non-hydrogen) atoms. The minimum atomic E-state index is -1.45. The third-order valence-corrected chi connectivity index (χ3v) is 4.77. The number of hydrogen-bond donors (Lipinski definition) is 1. The van der Waals surface area contributed by atoms with Crippen LogP contribution in [0.25, 0.3) is 0 Å². The van der Waals surface area contributed by atoms with Crippen LogP contribution in [0, 0.1) is 11.6 Å². The third kappa shape index (κ3) is 4.48. The Bertz CT molecular complexity index is 856. The van der Waals surface area contributed by atoms with Crippen molar-refractivity contribution in [3.8, 4) is 0 Å². The molecule has 8 heteroatoms. The number of carboxylic acid groups (broad SMARTS) is 1. The zero-order chi connectivity index (χ0) is 21.9. The second-order valence-electron chi connectivity index (χ2n) is 6.97. The average Bonchev–Trinajstić information content (AvgIpc) is 2.60. The molecule has 1 aromatic rings. The van der Waals surface area contributed by atoms with Crippen LogP contribution >= 0.6 is 0 Å². The van der Waals surface area contributed by atoms with Gasteiger partial charge in [-0.15, -0.1) is 0 Å². The Morgan fingerprint density at radius 1 is 1.14 bits per heavy atom. The monoisotopic (exact) mass is 409 g/mol. The van der Waals surface area contributed by atoms with Crippen LogP contribution in [0.4, 0.5) is 8.78 Å². The Morgan fingerprint density at radius 3 is 2.17 bits per heavy atom. The molecule has 1 unspecified atom stereocenters. The minimum Gasteiger partial charge on any atom is -0.478 e. The van der Waals surface area contributed by atoms with Crippen LogP contribution in [0.2, 0.25) is 0 Å². The summed E-state index contributed by atoms with van der Waals surface area (Å²) in [4.78, 5) is 26.7. The van der Waals surface area contributed by atoms with Crippen molar-refractivity contribution in [2.75, 3.05) is 20.3 Å². The molecule has 158 valence electrons. The van der Waals surface area contributed by atoms with Crippen molar-refractivity contribution < 1.29 is 33.0 Å². The van der Waals surface area contributed by atoms with Crippen molar-refractivity contribution >= 4 is 11.9 Å². The molecule has 0 spiro atoms. The summed E-state index contributed by atoms with van der Waals surface area (Å²) in [5, 5.41) is 9.90. The van der Waals surface area contributed by atoms with Crippen LogP contribution in [0.1, 0.15) is 39.2 Å². The van der Waals surface area contributed by atoms with E-state index in [0.717, 1.165) is 12.1 Å². The van der Waals surface area contributed by atoms with Gasteiger partial charge in [0, 0.05) is 30.6 Å². The number of halogens is 2. The minimum absolute atomic E-state index is 0.109. The number of carbonyl (C=O) groups excluding carboxylic acids is 1. The van der Waals surface area contributed by atoms with E-state index in [1.165, 1.54) is 13.2 Å². The standard InChI is InChI=1S/C21H25F2NO5/c1-11(2)29-21(27)17-13(4)24(9-10-28-5)12(3)16(20(25)26)19(17)18-14(22)7-6-8-15(18)23/h6-8,11,19H,9-10H2,1-5H3,(H,25,26). The van der Waals surface area contributed by atoms with E-state index in [1.807, 2.05) is 0 Å². The van der Waals surface area contributed by atoms with Crippen molar-refractivity contribution in [3.05, 3.63) is 57.9 Å². The van der Waals surface area contributed by atoms with E-state index in [4.69, 9.17) is 9.47 Å². The molecule has 1 aromatic carbocycles. The first-order valence-corrected chi connectivity index (χ1v) is 9.17. The predicted molar refractivity (Wildman–Crippen MR) is 102 cm³/mol. The molecule has 1 atom stereocenters. The van der Waals surface area contributed by atoms with Crippen LogP contribution in [0.15, 0.2) is 40.7 Å². The second kappa shape index (κ2) is 9.17. The molecular weight excluding hydrogens is 384 g/mol. The number of carboxylic acids is 1. The first-order chi connectivity index (χ1) is 13.6. The summed E-state index contributed by atoms with van der Waals surface area (Å²) in [5.41, 5.74) is -0.248. The molecule has 1 heterocycles. The number of ether oxygens (including phenoxy) is 2. The summed E-state index contributed by atoms with van der Waals surface area (Å²) in [5.74, 6) is -5.51. The molecule has 0 amide bonds. The zero-order valence-corrected chi connectivity index (χ0v) is 17.1. The van der Waals surface area contributed by atoms with Gasteiger partial charge in [-0.25, -0.2) is 18.4 Å². The maximum absolute atomic E-state index is 14.7. The molecule has 1 N–H and O–H groups in total. The van der Waals surface area contributed by atoms with Crippen LogP contribution in [-0.2, 0) is 19.1 Å². The molecule has 2 rings (SSSR count). The smallest absolute Gasteiger partial charge is 0.337 e. The average molecular weight is 409 g/mol. The van der Waals surface area contributed by atoms with Gasteiger partial charge in [-0.2, -0.15) is 0 Å². The Morgan fingerprint density at radius 2 is 1.69 bits per heavy atom. The molecule has 0 saturated carbocycles. The lowest BCUT2D eigenvalue weighted by molar-refractivity contribution is -0.143. The molecule has 0 fully saturated rings. The van der Waals surface area contributed by atoms with E-state index >= 15 is 0 Å². The summed E-state index contributed by atoms with van der Waals surface area (Å²) >= 11 is 0. The first kappa shape index (κ1) is 22.5. The summed E-state index contributed by atoms with van der Waals surface area (Å²) in [6.45, 7) is 6.93. The number of carbonyl (C=O) groups is 2. The maximum atomic E-state index is 14.7. The lowest BCUT2D eigenvalue weighted by Gasteiger charge is -2.37. The normalized spacial score (nSPS) is 17.2. The van der Waals surface area contributed by atoms with Gasteiger partial charge in [-0.05, 0) is 39.8 Å². The van der Waals surface area contributed by atoms with Crippen molar-refractivity contribution in [1.82, 2.24) is 4.90 Å². The summed E-state index contributed by atoms with van der Waals surface area (Å²) in [7, 11) is 1.49. The highest BCUT2D eigenvalue weighted by atomic mass is 19.1. The highest BCUT2D eigenvalue weighted by molar-refractivity contribution is 5.99. The van der Waals surface area contributed by atoms with E-state index in [2.05, 4.69) is 0 Å². The Kier molecular flexibility index (Phi) is 7.13. The Balaban J connectivity index is 2.81. The fraction of sp³-hybridized carbons (Fsp3) is 0.429. The fourth-order valence-corrected chi connectivity index (χ4v) is 3.52. The highest BCUT2D eigenvalue weighted by Crippen LogP contribution is 2.44. The summed E-state index contributed by atoms with van der Waals surface area (Å²) in [6.07, 6.45) is -0.498. The van der Waals surface area contributed by atoms with Gasteiger partial charge in [0.25, 0.3) is 0 Å². The van der Waals surface area contributed by atoms with Crippen molar-refractivity contribution in [3.63, 3.8) is 0 Å². The SMILES string of the molecule is COCCN1C(C)=C(C(=O)O)C(c2c(F)cccc2F)C(C(=O)OC(C)C)=C1C. The number of benzene rings is 1. The van der Waals surface area contributed by atoms with Crippen molar-refractivity contribution in [1.29, 1.82) is 0 Å². The van der Waals surface area contributed by atoms with Gasteiger partial charge in [-0.3, -0.25) is 0 Å². The Hall–Kier alpha value is -2.74. The maximum Gasteiger partial charge on any atom is 0.337 e. The molecule has 0 aliphatic carbocycles. The molecule has 1 aliphatic heterocycles. The number of nitrogens with zero attached hydrogens (tertiary/aromatic N) is 1. The molecule has 0 saturated heterocycles. The molecule has 0 radical (unpaired) electrons. The van der Waals surface area contributed by atoms with Gasteiger partial charge in [0.15, 0.2) is 0 Å². The van der Waals surface area contributed by atoms with E-state index in [-0.39, 0.29) is 30.0 Å². The van der Waals surface area contributed by atoms with Crippen molar-refractivity contribution in [2.45, 2.75) is 39.7 Å².